The van der Waals surface area contributed by atoms with Gasteiger partial charge in [0.15, 0.2) is 0 Å². The van der Waals surface area contributed by atoms with Crippen LogP contribution in [-0.2, 0) is 17.9 Å². The molecule has 1 aromatic carbocycles. The van der Waals surface area contributed by atoms with Crippen molar-refractivity contribution in [2.75, 3.05) is 26.2 Å². The molecule has 156 valence electrons. The second-order valence-corrected chi connectivity index (χ2v) is 7.73. The van der Waals surface area contributed by atoms with Gasteiger partial charge in [-0.25, -0.2) is 4.39 Å². The Labute approximate surface area is 173 Å². The van der Waals surface area contributed by atoms with Crippen LogP contribution in [0.3, 0.4) is 0 Å². The van der Waals surface area contributed by atoms with Crippen LogP contribution in [-0.4, -0.2) is 56.6 Å². The summed E-state index contributed by atoms with van der Waals surface area (Å²) in [4.78, 5) is 27.1. The lowest BCUT2D eigenvalue weighted by atomic mass is 10.1. The maximum Gasteiger partial charge on any atom is 0.390 e. The Hall–Kier alpha value is -2.52. The van der Waals surface area contributed by atoms with Crippen LogP contribution >= 0.6 is 11.6 Å². The third-order valence-electron chi connectivity index (χ3n) is 5.12. The first-order chi connectivity index (χ1) is 13.7. The molecular formula is C19H23ClFN5O3. The monoisotopic (exact) mass is 423 g/mol. The second kappa shape index (κ2) is 8.87. The molecule has 1 fully saturated rings. The van der Waals surface area contributed by atoms with Gasteiger partial charge < -0.3 is 15.0 Å². The van der Waals surface area contributed by atoms with Crippen molar-refractivity contribution < 1.29 is 14.1 Å². The fourth-order valence-electron chi connectivity index (χ4n) is 3.43. The maximum absolute atomic E-state index is 13.2. The number of carbonyl (C=O) groups excluding carboxylic acids is 1. The first kappa shape index (κ1) is 21.2. The number of amides is 1. The topological polar surface area (TPSA) is 84.5 Å². The normalized spacial score (nSPS) is 16.1. The second-order valence-electron chi connectivity index (χ2n) is 7.32. The van der Waals surface area contributed by atoms with Gasteiger partial charge in [0.2, 0.25) is 5.91 Å². The van der Waals surface area contributed by atoms with Gasteiger partial charge in [0.05, 0.1) is 29.3 Å². The van der Waals surface area contributed by atoms with Crippen molar-refractivity contribution in [3.05, 3.63) is 56.5 Å². The van der Waals surface area contributed by atoms with Crippen LogP contribution in [0.4, 0.5) is 10.2 Å². The van der Waals surface area contributed by atoms with E-state index < -0.39 is 4.92 Å². The summed E-state index contributed by atoms with van der Waals surface area (Å²) in [6, 6.07) is 5.78. The molecule has 10 heteroatoms. The molecule has 0 radical (unpaired) electrons. The van der Waals surface area contributed by atoms with Crippen LogP contribution in [0, 0.1) is 28.8 Å². The molecule has 2 heterocycles. The summed E-state index contributed by atoms with van der Waals surface area (Å²) in [6.45, 7) is 6.99. The fraction of sp³-hybridized carbons (Fsp3) is 0.474. The molecule has 1 atom stereocenters. The minimum absolute atomic E-state index is 0.00187. The highest BCUT2D eigenvalue weighted by atomic mass is 35.5. The molecular weight excluding hydrogens is 401 g/mol. The number of carbonyl (C=O) groups is 1. The fourth-order valence-corrected chi connectivity index (χ4v) is 3.66. The average Bonchev–Trinajstić information content (AvgIpc) is 3.05. The zero-order valence-corrected chi connectivity index (χ0v) is 17.1. The molecule has 29 heavy (non-hydrogen) atoms. The Bertz CT molecular complexity index is 911. The van der Waals surface area contributed by atoms with Crippen LogP contribution < -0.4 is 0 Å². The van der Waals surface area contributed by atoms with Crippen LogP contribution in [0.5, 0.6) is 0 Å². The maximum atomic E-state index is 13.2. The van der Waals surface area contributed by atoms with E-state index in [9.17, 15) is 19.3 Å². The number of aryl methyl sites for hydroxylation is 1. The highest BCUT2D eigenvalue weighted by Gasteiger charge is 2.27. The van der Waals surface area contributed by atoms with E-state index in [1.165, 1.54) is 22.9 Å². The van der Waals surface area contributed by atoms with Crippen molar-refractivity contribution in [1.82, 2.24) is 19.6 Å². The third-order valence-corrected chi connectivity index (χ3v) is 5.47. The van der Waals surface area contributed by atoms with Gasteiger partial charge in [-0.3, -0.25) is 9.69 Å². The molecule has 3 rings (SSSR count). The van der Waals surface area contributed by atoms with E-state index >= 15 is 0 Å². The zero-order chi connectivity index (χ0) is 21.1. The minimum Gasteiger partial charge on any atom is -0.358 e. The molecule has 1 saturated heterocycles. The molecule has 1 aliphatic rings. The molecule has 0 aliphatic carbocycles. The summed E-state index contributed by atoms with van der Waals surface area (Å²) in [5.41, 5.74) is 1.51. The predicted octanol–water partition coefficient (Wildman–Crippen LogP) is 2.87. The molecule has 0 N–H and O–H groups in total. The number of nitrogens with zero attached hydrogens (tertiary/aromatic N) is 5. The predicted molar refractivity (Wildman–Crippen MR) is 106 cm³/mol. The van der Waals surface area contributed by atoms with Crippen molar-refractivity contribution >= 4 is 23.3 Å². The van der Waals surface area contributed by atoms with E-state index in [2.05, 4.69) is 10.00 Å². The Kier molecular flexibility index (Phi) is 6.49. The summed E-state index contributed by atoms with van der Waals surface area (Å²) < 4.78 is 14.7. The van der Waals surface area contributed by atoms with Gasteiger partial charge in [-0.2, -0.15) is 4.68 Å². The van der Waals surface area contributed by atoms with Gasteiger partial charge in [-0.1, -0.05) is 24.6 Å². The smallest absolute Gasteiger partial charge is 0.358 e. The Morgan fingerprint density at radius 3 is 2.59 bits per heavy atom. The molecule has 1 aromatic heterocycles. The number of aromatic nitrogens is 2. The van der Waals surface area contributed by atoms with E-state index in [-0.39, 0.29) is 23.5 Å². The summed E-state index contributed by atoms with van der Waals surface area (Å²) in [7, 11) is 0. The van der Waals surface area contributed by atoms with Crippen LogP contribution in [0.1, 0.15) is 18.2 Å². The highest BCUT2D eigenvalue weighted by molar-refractivity contribution is 6.31. The first-order valence-electron chi connectivity index (χ1n) is 9.38. The zero-order valence-electron chi connectivity index (χ0n) is 16.3. The molecule has 0 spiro atoms. The number of hydrogen-bond donors (Lipinski definition) is 0. The number of piperazine rings is 1. The van der Waals surface area contributed by atoms with Gasteiger partial charge in [-0.15, -0.1) is 0 Å². The summed E-state index contributed by atoms with van der Waals surface area (Å²) >= 11 is 6.10. The van der Waals surface area contributed by atoms with Crippen molar-refractivity contribution in [1.29, 1.82) is 0 Å². The summed E-state index contributed by atoms with van der Waals surface area (Å²) in [5.74, 6) is -0.913. The largest absolute Gasteiger partial charge is 0.390 e. The Balaban J connectivity index is 1.53. The van der Waals surface area contributed by atoms with E-state index in [0.29, 0.717) is 50.0 Å². The lowest BCUT2D eigenvalue weighted by Gasteiger charge is -2.36. The van der Waals surface area contributed by atoms with Gasteiger partial charge in [-0.05, 0) is 29.5 Å². The molecule has 1 aliphatic heterocycles. The van der Waals surface area contributed by atoms with E-state index in [4.69, 9.17) is 11.6 Å². The van der Waals surface area contributed by atoms with Gasteiger partial charge in [0.1, 0.15) is 5.82 Å². The summed E-state index contributed by atoms with van der Waals surface area (Å²) in [5, 5.41) is 15.2. The number of nitro groups is 1. The average molecular weight is 424 g/mol. The Morgan fingerprint density at radius 1 is 1.31 bits per heavy atom. The van der Waals surface area contributed by atoms with Crippen molar-refractivity contribution in [3.8, 4) is 0 Å². The lowest BCUT2D eigenvalue weighted by Crippen LogP contribution is -2.50. The van der Waals surface area contributed by atoms with Crippen molar-refractivity contribution in [2.45, 2.75) is 26.9 Å². The van der Waals surface area contributed by atoms with E-state index in [1.807, 2.05) is 0 Å². The standard InChI is InChI=1S/C19H23ClFN5O3/c1-13(11-25-14(2)9-18(22-25)26(28)29)19(27)24-7-5-23(6-8-24)12-15-3-4-16(21)10-17(15)20/h3-4,9-10,13H,5-8,11-12H2,1-2H3. The van der Waals surface area contributed by atoms with Gasteiger partial charge in [0.25, 0.3) is 0 Å². The van der Waals surface area contributed by atoms with Gasteiger partial charge >= 0.3 is 5.82 Å². The first-order valence-corrected chi connectivity index (χ1v) is 9.76. The van der Waals surface area contributed by atoms with Crippen LogP contribution in [0.25, 0.3) is 0 Å². The van der Waals surface area contributed by atoms with Gasteiger partial charge in [0, 0.05) is 37.7 Å². The quantitative estimate of drug-likeness (QED) is 0.527. The number of hydrogen-bond acceptors (Lipinski definition) is 5. The number of halogens is 2. The van der Waals surface area contributed by atoms with Crippen LogP contribution in [0.15, 0.2) is 24.3 Å². The highest BCUT2D eigenvalue weighted by Crippen LogP contribution is 2.20. The SMILES string of the molecule is Cc1cc([N+](=O)[O-])nn1CC(C)C(=O)N1CCN(Cc2ccc(F)cc2Cl)CC1. The lowest BCUT2D eigenvalue weighted by molar-refractivity contribution is -0.389. The van der Waals surface area contributed by atoms with Crippen molar-refractivity contribution in [3.63, 3.8) is 0 Å². The Morgan fingerprint density at radius 2 is 2.00 bits per heavy atom. The molecule has 1 unspecified atom stereocenters. The molecule has 1 amide bonds. The molecule has 0 saturated carbocycles. The summed E-state index contributed by atoms with van der Waals surface area (Å²) in [6.07, 6.45) is 0. The van der Waals surface area contributed by atoms with Crippen molar-refractivity contribution in [2.24, 2.45) is 5.92 Å². The molecule has 8 nitrogen and oxygen atoms in total. The van der Waals surface area contributed by atoms with Crippen LogP contribution in [0.2, 0.25) is 5.02 Å². The number of rotatable bonds is 6. The van der Waals surface area contributed by atoms with E-state index in [1.54, 1.807) is 24.8 Å². The number of benzene rings is 1. The molecule has 2 aromatic rings. The van der Waals surface area contributed by atoms with E-state index in [0.717, 1.165) is 5.56 Å². The molecule has 0 bridgehead atoms. The minimum atomic E-state index is -0.539. The third kappa shape index (κ3) is 5.10.